The molecule has 3 aromatic heterocycles. The van der Waals surface area contributed by atoms with E-state index in [-0.39, 0.29) is 28.1 Å². The van der Waals surface area contributed by atoms with Gasteiger partial charge in [0, 0.05) is 18.0 Å². The van der Waals surface area contributed by atoms with Crippen LogP contribution in [0, 0.1) is 0 Å². The smallest absolute Gasteiger partial charge is 0.375 e. The Morgan fingerprint density at radius 2 is 1.90 bits per heavy atom. The Balaban J connectivity index is 1.42. The van der Waals surface area contributed by atoms with Crippen molar-refractivity contribution in [3.63, 3.8) is 0 Å². The number of sulfone groups is 1. The summed E-state index contributed by atoms with van der Waals surface area (Å²) in [6.07, 6.45) is 2.36. The van der Waals surface area contributed by atoms with Crippen LogP contribution >= 0.6 is 0 Å². The molecule has 0 spiro atoms. The molecule has 0 aliphatic heterocycles. The van der Waals surface area contributed by atoms with Crippen molar-refractivity contribution in [3.05, 3.63) is 84.4 Å². The van der Waals surface area contributed by atoms with Gasteiger partial charge in [-0.3, -0.25) is 4.98 Å². The van der Waals surface area contributed by atoms with Crippen LogP contribution in [0.25, 0.3) is 11.4 Å². The number of pyridine rings is 1. The maximum atomic E-state index is 12.5. The van der Waals surface area contributed by atoms with Crippen LogP contribution in [-0.4, -0.2) is 29.5 Å². The first kappa shape index (κ1) is 20.5. The Morgan fingerprint density at radius 1 is 1.10 bits per heavy atom. The second-order valence-electron chi connectivity index (χ2n) is 6.58. The molecular formula is C21H17N3O6S. The first-order valence-electron chi connectivity index (χ1n) is 9.24. The molecule has 31 heavy (non-hydrogen) atoms. The van der Waals surface area contributed by atoms with Gasteiger partial charge in [0.15, 0.2) is 15.9 Å². The molecule has 0 radical (unpaired) electrons. The third kappa shape index (κ3) is 4.69. The first-order chi connectivity index (χ1) is 14.9. The topological polar surface area (TPSA) is 125 Å². The van der Waals surface area contributed by atoms with Gasteiger partial charge in [0.25, 0.3) is 5.89 Å². The molecule has 1 atom stereocenters. The minimum atomic E-state index is -3.60. The van der Waals surface area contributed by atoms with Crippen molar-refractivity contribution in [3.8, 4) is 11.4 Å². The Kier molecular flexibility index (Phi) is 5.63. The summed E-state index contributed by atoms with van der Waals surface area (Å²) in [5.41, 5.74) is 0.659. The molecule has 4 rings (SSSR count). The lowest BCUT2D eigenvalue weighted by atomic mass is 10.3. The van der Waals surface area contributed by atoms with Crippen molar-refractivity contribution in [2.24, 2.45) is 0 Å². The maximum absolute atomic E-state index is 12.5. The number of carbonyl (C=O) groups is 1. The lowest BCUT2D eigenvalue weighted by Crippen LogP contribution is -2.09. The van der Waals surface area contributed by atoms with Gasteiger partial charge in [0.1, 0.15) is 11.5 Å². The molecule has 0 aliphatic rings. The van der Waals surface area contributed by atoms with E-state index in [1.165, 1.54) is 24.3 Å². The molecular weight excluding hydrogens is 422 g/mol. The summed E-state index contributed by atoms with van der Waals surface area (Å²) in [4.78, 5) is 20.8. The van der Waals surface area contributed by atoms with Crippen molar-refractivity contribution in [1.82, 2.24) is 15.1 Å². The van der Waals surface area contributed by atoms with Gasteiger partial charge in [-0.1, -0.05) is 23.4 Å². The fourth-order valence-electron chi connectivity index (χ4n) is 2.75. The highest BCUT2D eigenvalue weighted by Gasteiger charge is 2.23. The third-order valence-electron chi connectivity index (χ3n) is 4.29. The number of esters is 1. The SMILES string of the molecule is CC(OC(=O)c1ccc(CS(=O)(=O)c2ccccc2)o1)c1nc(-c2cccnc2)no1. The number of aromatic nitrogens is 3. The zero-order valence-corrected chi connectivity index (χ0v) is 17.2. The van der Waals surface area contributed by atoms with Gasteiger partial charge < -0.3 is 13.7 Å². The van der Waals surface area contributed by atoms with Crippen molar-refractivity contribution in [1.29, 1.82) is 0 Å². The molecule has 0 N–H and O–H groups in total. The molecule has 3 heterocycles. The number of rotatable bonds is 7. The Hall–Kier alpha value is -3.79. The lowest BCUT2D eigenvalue weighted by Gasteiger charge is -2.07. The predicted molar refractivity (Wildman–Crippen MR) is 107 cm³/mol. The van der Waals surface area contributed by atoms with Gasteiger partial charge in [-0.15, -0.1) is 0 Å². The standard InChI is InChI=1S/C21H17N3O6S/c1-14(20-23-19(24-30-20)15-6-5-11-22-12-15)28-21(25)18-10-9-16(29-18)13-31(26,27)17-7-3-2-4-8-17/h2-12,14H,13H2,1H3. The highest BCUT2D eigenvalue weighted by atomic mass is 32.2. The number of benzene rings is 1. The van der Waals surface area contributed by atoms with Crippen LogP contribution in [0.1, 0.15) is 35.2 Å². The van der Waals surface area contributed by atoms with Gasteiger partial charge in [-0.2, -0.15) is 4.98 Å². The Bertz CT molecular complexity index is 1280. The minimum absolute atomic E-state index is 0.102. The Morgan fingerprint density at radius 3 is 2.65 bits per heavy atom. The van der Waals surface area contributed by atoms with Crippen LogP contribution in [0.15, 0.2) is 80.8 Å². The van der Waals surface area contributed by atoms with Gasteiger partial charge >= 0.3 is 5.97 Å². The van der Waals surface area contributed by atoms with E-state index in [9.17, 15) is 13.2 Å². The molecule has 158 valence electrons. The fraction of sp³-hybridized carbons (Fsp3) is 0.143. The Labute approximate surface area is 177 Å². The average Bonchev–Trinajstić information content (AvgIpc) is 3.45. The molecule has 1 unspecified atom stereocenters. The summed E-state index contributed by atoms with van der Waals surface area (Å²) in [6, 6.07) is 14.3. The van der Waals surface area contributed by atoms with E-state index in [2.05, 4.69) is 15.1 Å². The molecule has 1 aromatic carbocycles. The van der Waals surface area contributed by atoms with E-state index < -0.39 is 21.9 Å². The molecule has 10 heteroatoms. The quantitative estimate of drug-likeness (QED) is 0.397. The number of hydrogen-bond acceptors (Lipinski definition) is 9. The van der Waals surface area contributed by atoms with Gasteiger partial charge in [0.2, 0.25) is 11.6 Å². The maximum Gasteiger partial charge on any atom is 0.375 e. The van der Waals surface area contributed by atoms with Crippen LogP contribution in [0.4, 0.5) is 0 Å². The van der Waals surface area contributed by atoms with Crippen molar-refractivity contribution in [2.45, 2.75) is 23.7 Å². The van der Waals surface area contributed by atoms with E-state index in [0.29, 0.717) is 11.4 Å². The summed E-state index contributed by atoms with van der Waals surface area (Å²) in [5.74, 6) is -0.741. The third-order valence-corrected chi connectivity index (χ3v) is 5.95. The minimum Gasteiger partial charge on any atom is -0.453 e. The highest BCUT2D eigenvalue weighted by Crippen LogP contribution is 2.23. The van der Waals surface area contributed by atoms with Crippen LogP contribution in [0.2, 0.25) is 0 Å². The first-order valence-corrected chi connectivity index (χ1v) is 10.9. The van der Waals surface area contributed by atoms with Crippen molar-refractivity contribution in [2.75, 3.05) is 0 Å². The largest absolute Gasteiger partial charge is 0.453 e. The predicted octanol–water partition coefficient (Wildman–Crippen LogP) is 3.62. The zero-order valence-electron chi connectivity index (χ0n) is 16.3. The second kappa shape index (κ2) is 8.52. The molecule has 4 aromatic rings. The number of carbonyl (C=O) groups excluding carboxylic acids is 1. The average molecular weight is 439 g/mol. The molecule has 0 bridgehead atoms. The molecule has 0 saturated heterocycles. The molecule has 0 aliphatic carbocycles. The lowest BCUT2D eigenvalue weighted by molar-refractivity contribution is 0.0229. The summed E-state index contributed by atoms with van der Waals surface area (Å²) < 4.78 is 40.8. The van der Waals surface area contributed by atoms with Crippen LogP contribution < -0.4 is 0 Å². The van der Waals surface area contributed by atoms with E-state index in [0.717, 1.165) is 0 Å². The van der Waals surface area contributed by atoms with E-state index in [4.69, 9.17) is 13.7 Å². The summed E-state index contributed by atoms with van der Waals surface area (Å²) >= 11 is 0. The molecule has 0 fully saturated rings. The van der Waals surface area contributed by atoms with Crippen molar-refractivity contribution < 1.29 is 26.9 Å². The van der Waals surface area contributed by atoms with Crippen molar-refractivity contribution >= 4 is 15.8 Å². The van der Waals surface area contributed by atoms with Gasteiger partial charge in [-0.25, -0.2) is 13.2 Å². The number of ether oxygens (including phenoxy) is 1. The van der Waals surface area contributed by atoms with E-state index in [1.807, 2.05) is 0 Å². The number of furan rings is 1. The van der Waals surface area contributed by atoms with Crippen LogP contribution in [-0.2, 0) is 20.3 Å². The van der Waals surface area contributed by atoms with Gasteiger partial charge in [-0.05, 0) is 43.3 Å². The molecule has 0 amide bonds. The van der Waals surface area contributed by atoms with E-state index in [1.54, 1.807) is 49.6 Å². The second-order valence-corrected chi connectivity index (χ2v) is 8.57. The molecule has 9 nitrogen and oxygen atoms in total. The normalized spacial score (nSPS) is 12.4. The summed E-state index contributed by atoms with van der Waals surface area (Å²) in [6.45, 7) is 1.57. The zero-order chi connectivity index (χ0) is 21.8. The summed E-state index contributed by atoms with van der Waals surface area (Å²) in [5, 5.41) is 3.85. The monoisotopic (exact) mass is 439 g/mol. The number of hydrogen-bond donors (Lipinski definition) is 0. The summed E-state index contributed by atoms with van der Waals surface area (Å²) in [7, 11) is -3.60. The number of nitrogens with zero attached hydrogens (tertiary/aromatic N) is 3. The van der Waals surface area contributed by atoms with E-state index >= 15 is 0 Å². The van der Waals surface area contributed by atoms with Crippen LogP contribution in [0.5, 0.6) is 0 Å². The highest BCUT2D eigenvalue weighted by molar-refractivity contribution is 7.90. The fourth-order valence-corrected chi connectivity index (χ4v) is 4.01. The van der Waals surface area contributed by atoms with Crippen LogP contribution in [0.3, 0.4) is 0 Å². The van der Waals surface area contributed by atoms with Gasteiger partial charge in [0.05, 0.1) is 4.90 Å². The molecule has 0 saturated carbocycles.